The number of nitrogens with two attached hydrogens (primary N) is 1. The predicted octanol–water partition coefficient (Wildman–Crippen LogP) is 1.99. The normalized spacial score (nSPS) is 10.5. The number of aromatic nitrogens is 1. The number of carbonyl (C=O) groups excluding carboxylic acids is 1. The summed E-state index contributed by atoms with van der Waals surface area (Å²) in [5.41, 5.74) is 4.06. The summed E-state index contributed by atoms with van der Waals surface area (Å²) in [7, 11) is 1.17. The van der Waals surface area contributed by atoms with Gasteiger partial charge in [0.2, 0.25) is 0 Å². The number of hydrogen-bond donors (Lipinski definition) is 1. The van der Waals surface area contributed by atoms with Gasteiger partial charge < -0.3 is 10.5 Å². The van der Waals surface area contributed by atoms with Gasteiger partial charge in [0.05, 0.1) is 24.6 Å². The summed E-state index contributed by atoms with van der Waals surface area (Å²) < 4.78 is 29.9. The van der Waals surface area contributed by atoms with Crippen molar-refractivity contribution in [1.82, 2.24) is 4.98 Å². The Balaban J connectivity index is 3.49. The van der Waals surface area contributed by atoms with E-state index in [1.165, 1.54) is 7.11 Å². The minimum atomic E-state index is -2.94. The molecule has 0 aliphatic carbocycles. The molecule has 1 rings (SSSR count). The maximum absolute atomic E-state index is 12.6. The highest BCUT2D eigenvalue weighted by molar-refractivity contribution is 6.67. The number of rotatable bonds is 3. The Morgan fingerprint density at radius 2 is 2.27 bits per heavy atom. The molecule has 0 bridgehead atoms. The summed E-state index contributed by atoms with van der Waals surface area (Å²) >= 11 is 5.10. The average Bonchev–Trinajstić information content (AvgIpc) is 2.16. The first-order valence-electron chi connectivity index (χ1n) is 3.79. The summed E-state index contributed by atoms with van der Waals surface area (Å²) in [6.07, 6.45) is -1.89. The molecule has 0 radical (unpaired) electrons. The molecule has 1 aromatic heterocycles. The number of methoxy groups -OCH3 is 1. The molecule has 1 aromatic rings. The monoisotopic (exact) mass is 236 g/mol. The highest BCUT2D eigenvalue weighted by atomic mass is 35.5. The van der Waals surface area contributed by atoms with E-state index >= 15 is 0 Å². The van der Waals surface area contributed by atoms with Gasteiger partial charge in [-0.2, -0.15) is 0 Å². The molecule has 0 saturated carbocycles. The van der Waals surface area contributed by atoms with E-state index in [9.17, 15) is 13.6 Å². The van der Waals surface area contributed by atoms with E-state index in [-0.39, 0.29) is 11.4 Å². The van der Waals surface area contributed by atoms with Gasteiger partial charge in [-0.15, -0.1) is 0 Å². The third-order valence-corrected chi connectivity index (χ3v) is 1.88. The van der Waals surface area contributed by atoms with Crippen LogP contribution >= 0.6 is 11.6 Å². The molecule has 0 saturated heterocycles. The Morgan fingerprint density at radius 3 is 2.67 bits per heavy atom. The van der Waals surface area contributed by atoms with Crippen LogP contribution in [0.3, 0.4) is 0 Å². The van der Waals surface area contributed by atoms with Crippen molar-refractivity contribution in [1.29, 1.82) is 0 Å². The van der Waals surface area contributed by atoms with Gasteiger partial charge in [-0.1, -0.05) is 0 Å². The second-order valence-corrected chi connectivity index (χ2v) is 2.93. The van der Waals surface area contributed by atoms with Crippen molar-refractivity contribution in [2.45, 2.75) is 6.43 Å². The second-order valence-electron chi connectivity index (χ2n) is 2.58. The molecule has 15 heavy (non-hydrogen) atoms. The van der Waals surface area contributed by atoms with Crippen LogP contribution in [0.4, 0.5) is 14.5 Å². The summed E-state index contributed by atoms with van der Waals surface area (Å²) in [5, 5.41) is -1.08. The molecule has 0 aromatic carbocycles. The van der Waals surface area contributed by atoms with Crippen LogP contribution in [0.5, 0.6) is 5.75 Å². The van der Waals surface area contributed by atoms with Gasteiger partial charge in [-0.25, -0.2) is 13.8 Å². The lowest BCUT2D eigenvalue weighted by molar-refractivity contribution is 0.105. The van der Waals surface area contributed by atoms with Gasteiger partial charge in [0.1, 0.15) is 5.69 Å². The van der Waals surface area contributed by atoms with Gasteiger partial charge in [-0.3, -0.25) is 4.79 Å². The molecule has 82 valence electrons. The SMILES string of the molecule is COc1c(N)cnc(C(=O)Cl)c1C(F)F. The van der Waals surface area contributed by atoms with Crippen molar-refractivity contribution in [2.75, 3.05) is 12.8 Å². The molecule has 7 heteroatoms. The van der Waals surface area contributed by atoms with Gasteiger partial charge in [0.25, 0.3) is 11.7 Å². The average molecular weight is 237 g/mol. The largest absolute Gasteiger partial charge is 0.494 e. The minimum Gasteiger partial charge on any atom is -0.494 e. The van der Waals surface area contributed by atoms with Crippen LogP contribution in [0.2, 0.25) is 0 Å². The molecule has 0 aliphatic heterocycles. The Morgan fingerprint density at radius 1 is 1.67 bits per heavy atom. The number of ether oxygens (including phenoxy) is 1. The maximum atomic E-state index is 12.6. The van der Waals surface area contributed by atoms with Crippen LogP contribution in [-0.4, -0.2) is 17.3 Å². The number of nitrogen functional groups attached to an aromatic ring is 1. The van der Waals surface area contributed by atoms with E-state index in [1.807, 2.05) is 0 Å². The van der Waals surface area contributed by atoms with E-state index in [4.69, 9.17) is 17.3 Å². The lowest BCUT2D eigenvalue weighted by Crippen LogP contribution is -2.07. The number of alkyl halides is 2. The van der Waals surface area contributed by atoms with Crippen molar-refractivity contribution in [2.24, 2.45) is 0 Å². The van der Waals surface area contributed by atoms with Crippen molar-refractivity contribution in [3.8, 4) is 5.75 Å². The Bertz CT molecular complexity index is 398. The van der Waals surface area contributed by atoms with E-state index in [1.54, 1.807) is 0 Å². The second kappa shape index (κ2) is 4.39. The minimum absolute atomic E-state index is 0.0746. The first-order chi connectivity index (χ1) is 6.99. The maximum Gasteiger partial charge on any atom is 0.271 e. The Kier molecular flexibility index (Phi) is 3.41. The van der Waals surface area contributed by atoms with E-state index in [2.05, 4.69) is 9.72 Å². The molecule has 0 fully saturated rings. The van der Waals surface area contributed by atoms with Crippen molar-refractivity contribution >= 4 is 22.5 Å². The first-order valence-corrected chi connectivity index (χ1v) is 4.17. The molecule has 2 N–H and O–H groups in total. The van der Waals surface area contributed by atoms with Crippen LogP contribution in [0.25, 0.3) is 0 Å². The zero-order chi connectivity index (χ0) is 11.6. The van der Waals surface area contributed by atoms with Crippen molar-refractivity contribution in [3.05, 3.63) is 17.5 Å². The molecule has 1 heterocycles. The van der Waals surface area contributed by atoms with Crippen molar-refractivity contribution in [3.63, 3.8) is 0 Å². The number of pyridine rings is 1. The Labute approximate surface area is 89.0 Å². The van der Waals surface area contributed by atoms with Crippen LogP contribution < -0.4 is 10.5 Å². The molecule has 0 amide bonds. The zero-order valence-electron chi connectivity index (χ0n) is 7.63. The molecule has 0 aliphatic rings. The molecule has 4 nitrogen and oxygen atoms in total. The fourth-order valence-electron chi connectivity index (χ4n) is 1.11. The third-order valence-electron chi connectivity index (χ3n) is 1.70. The number of anilines is 1. The summed E-state index contributed by atoms with van der Waals surface area (Å²) in [4.78, 5) is 14.3. The number of halogens is 3. The van der Waals surface area contributed by atoms with Crippen LogP contribution in [0, 0.1) is 0 Å². The first kappa shape index (κ1) is 11.6. The highest BCUT2D eigenvalue weighted by Gasteiger charge is 2.25. The fourth-order valence-corrected chi connectivity index (χ4v) is 1.26. The van der Waals surface area contributed by atoms with E-state index < -0.39 is 22.9 Å². The Hall–Kier alpha value is -1.43. The highest BCUT2D eigenvalue weighted by Crippen LogP contribution is 2.35. The van der Waals surface area contributed by atoms with Crippen LogP contribution in [0.1, 0.15) is 22.5 Å². The lowest BCUT2D eigenvalue weighted by atomic mass is 10.1. The number of hydrogen-bond acceptors (Lipinski definition) is 4. The van der Waals surface area contributed by atoms with Gasteiger partial charge in [0.15, 0.2) is 5.75 Å². The van der Waals surface area contributed by atoms with Gasteiger partial charge >= 0.3 is 0 Å². The molecular weight excluding hydrogens is 230 g/mol. The summed E-state index contributed by atoms with van der Waals surface area (Å²) in [6, 6.07) is 0. The summed E-state index contributed by atoms with van der Waals surface area (Å²) in [5.74, 6) is -0.274. The third kappa shape index (κ3) is 2.15. The van der Waals surface area contributed by atoms with E-state index in [0.29, 0.717) is 0 Å². The topological polar surface area (TPSA) is 65.2 Å². The fraction of sp³-hybridized carbons (Fsp3) is 0.250. The zero-order valence-corrected chi connectivity index (χ0v) is 8.39. The lowest BCUT2D eigenvalue weighted by Gasteiger charge is -2.11. The van der Waals surface area contributed by atoms with Gasteiger partial charge in [-0.05, 0) is 11.6 Å². The summed E-state index contributed by atoms with van der Waals surface area (Å²) in [6.45, 7) is 0. The number of carbonyl (C=O) groups is 1. The standard InChI is InChI=1S/C8H7ClF2N2O2/c1-15-6-3(12)2-13-5(7(9)14)4(6)8(10)11/h2,8H,12H2,1H3. The van der Waals surface area contributed by atoms with E-state index in [0.717, 1.165) is 6.20 Å². The predicted molar refractivity (Wildman–Crippen MR) is 50.3 cm³/mol. The van der Waals surface area contributed by atoms with Crippen LogP contribution in [-0.2, 0) is 0 Å². The van der Waals surface area contributed by atoms with Crippen molar-refractivity contribution < 1.29 is 18.3 Å². The van der Waals surface area contributed by atoms with Gasteiger partial charge in [0, 0.05) is 0 Å². The molecule has 0 atom stereocenters. The number of nitrogens with zero attached hydrogens (tertiary/aromatic N) is 1. The quantitative estimate of drug-likeness (QED) is 0.815. The van der Waals surface area contributed by atoms with Crippen LogP contribution in [0.15, 0.2) is 6.20 Å². The molecular formula is C8H7ClF2N2O2. The smallest absolute Gasteiger partial charge is 0.271 e. The molecule has 0 spiro atoms. The molecule has 0 unspecified atom stereocenters.